The summed E-state index contributed by atoms with van der Waals surface area (Å²) in [5.74, 6) is 0.875. The SMILES string of the molecule is COC(=O)c1ccccc1-n1cccc1[C@@H]1[C@@H](c2ccccn2)NC(=S)N1c1ccc(OC)cc1OC. The minimum atomic E-state index is -0.412. The maximum atomic E-state index is 12.6. The number of ether oxygens (including phenoxy) is 3. The van der Waals surface area contributed by atoms with Gasteiger partial charge in [0.15, 0.2) is 5.11 Å². The molecule has 0 spiro atoms. The molecule has 0 radical (unpaired) electrons. The largest absolute Gasteiger partial charge is 0.497 e. The van der Waals surface area contributed by atoms with Crippen LogP contribution in [0, 0.1) is 0 Å². The molecule has 1 aliphatic heterocycles. The van der Waals surface area contributed by atoms with Crippen LogP contribution in [0.1, 0.15) is 33.8 Å². The second-order valence-corrected chi connectivity index (χ2v) is 8.73. The molecule has 2 aromatic heterocycles. The molecule has 0 amide bonds. The number of thiocarbonyl (C=S) groups is 1. The Kier molecular flexibility index (Phi) is 6.78. The lowest BCUT2D eigenvalue weighted by atomic mass is 10.00. The number of esters is 1. The van der Waals surface area contributed by atoms with Crippen LogP contribution in [0.25, 0.3) is 5.69 Å². The number of hydrogen-bond acceptors (Lipinski definition) is 6. The minimum Gasteiger partial charge on any atom is -0.497 e. The van der Waals surface area contributed by atoms with Crippen LogP contribution in [-0.2, 0) is 4.74 Å². The number of carbonyl (C=O) groups excluding carboxylic acids is 1. The smallest absolute Gasteiger partial charge is 0.339 e. The monoisotopic (exact) mass is 514 g/mol. The van der Waals surface area contributed by atoms with Crippen LogP contribution in [0.5, 0.6) is 11.5 Å². The number of rotatable bonds is 7. The highest BCUT2D eigenvalue weighted by Crippen LogP contribution is 2.45. The number of nitrogens with zero attached hydrogens (tertiary/aromatic N) is 3. The number of benzene rings is 2. The molecule has 37 heavy (non-hydrogen) atoms. The fourth-order valence-electron chi connectivity index (χ4n) is 4.72. The van der Waals surface area contributed by atoms with Gasteiger partial charge in [-0.05, 0) is 60.7 Å². The topological polar surface area (TPSA) is 77.9 Å². The minimum absolute atomic E-state index is 0.278. The van der Waals surface area contributed by atoms with E-state index in [9.17, 15) is 4.79 Å². The van der Waals surface area contributed by atoms with E-state index in [1.54, 1.807) is 26.5 Å². The Labute approximate surface area is 220 Å². The van der Waals surface area contributed by atoms with Crippen LogP contribution in [0.15, 0.2) is 85.2 Å². The molecule has 188 valence electrons. The lowest BCUT2D eigenvalue weighted by Crippen LogP contribution is -2.30. The standard InChI is InChI=1S/C28H26N4O4S/c1-34-18-13-14-22(24(17-18)35-2)32-26(25(30-28(32)37)20-10-6-7-15-29-20)23-12-8-16-31(23)21-11-5-4-9-19(21)27(33)36-3/h4-17,25-26H,1-3H3,(H,30,37)/t25-,26-/m1/s1. The molecule has 3 heterocycles. The van der Waals surface area contributed by atoms with Crippen LogP contribution in [0.3, 0.4) is 0 Å². The number of carbonyl (C=O) groups is 1. The number of pyridine rings is 1. The Balaban J connectivity index is 1.71. The van der Waals surface area contributed by atoms with Gasteiger partial charge in [0.2, 0.25) is 0 Å². The molecule has 1 fully saturated rings. The summed E-state index contributed by atoms with van der Waals surface area (Å²) < 4.78 is 18.2. The number of para-hydroxylation sites is 1. The maximum absolute atomic E-state index is 12.6. The first-order valence-electron chi connectivity index (χ1n) is 11.6. The fourth-order valence-corrected chi connectivity index (χ4v) is 5.06. The van der Waals surface area contributed by atoms with Crippen molar-refractivity contribution >= 4 is 29.0 Å². The van der Waals surface area contributed by atoms with Gasteiger partial charge in [-0.25, -0.2) is 4.79 Å². The summed E-state index contributed by atoms with van der Waals surface area (Å²) in [5.41, 5.74) is 3.67. The van der Waals surface area contributed by atoms with E-state index < -0.39 is 5.97 Å². The third-order valence-electron chi connectivity index (χ3n) is 6.40. The molecule has 9 heteroatoms. The molecule has 1 N–H and O–H groups in total. The number of hydrogen-bond donors (Lipinski definition) is 1. The lowest BCUT2D eigenvalue weighted by Gasteiger charge is -2.30. The number of aromatic nitrogens is 2. The van der Waals surface area contributed by atoms with Gasteiger partial charge in [0, 0.05) is 24.2 Å². The van der Waals surface area contributed by atoms with Crippen molar-refractivity contribution in [1.82, 2.24) is 14.9 Å². The van der Waals surface area contributed by atoms with Crippen molar-refractivity contribution in [3.8, 4) is 17.2 Å². The number of nitrogens with one attached hydrogen (secondary N) is 1. The normalized spacial score (nSPS) is 16.8. The first kappa shape index (κ1) is 24.3. The summed E-state index contributed by atoms with van der Waals surface area (Å²) >= 11 is 5.88. The highest BCUT2D eigenvalue weighted by atomic mass is 32.1. The van der Waals surface area contributed by atoms with E-state index in [1.807, 2.05) is 82.4 Å². The van der Waals surface area contributed by atoms with Gasteiger partial charge in [-0.2, -0.15) is 0 Å². The van der Waals surface area contributed by atoms with Crippen LogP contribution >= 0.6 is 12.2 Å². The average Bonchev–Trinajstić information content (AvgIpc) is 3.56. The van der Waals surface area contributed by atoms with Gasteiger partial charge in [0.05, 0.1) is 50.0 Å². The summed E-state index contributed by atoms with van der Waals surface area (Å²) in [6.07, 6.45) is 3.69. The third kappa shape index (κ3) is 4.38. The van der Waals surface area contributed by atoms with Gasteiger partial charge in [0.25, 0.3) is 0 Å². The van der Waals surface area contributed by atoms with Gasteiger partial charge >= 0.3 is 5.97 Å². The predicted molar refractivity (Wildman–Crippen MR) is 145 cm³/mol. The van der Waals surface area contributed by atoms with Crippen molar-refractivity contribution < 1.29 is 19.0 Å². The van der Waals surface area contributed by atoms with Crippen LogP contribution in [-0.4, -0.2) is 42.0 Å². The van der Waals surface area contributed by atoms with Gasteiger partial charge in [-0.15, -0.1) is 0 Å². The molecule has 4 aromatic rings. The van der Waals surface area contributed by atoms with E-state index in [4.69, 9.17) is 26.4 Å². The molecule has 1 aliphatic rings. The summed E-state index contributed by atoms with van der Waals surface area (Å²) in [6, 6.07) is 22.1. The van der Waals surface area contributed by atoms with Crippen molar-refractivity contribution in [2.45, 2.75) is 12.1 Å². The number of anilines is 1. The van der Waals surface area contributed by atoms with Gasteiger partial charge in [0.1, 0.15) is 17.5 Å². The van der Waals surface area contributed by atoms with E-state index in [1.165, 1.54) is 7.11 Å². The Bertz CT molecular complexity index is 1440. The lowest BCUT2D eigenvalue weighted by molar-refractivity contribution is 0.0600. The second-order valence-electron chi connectivity index (χ2n) is 8.35. The van der Waals surface area contributed by atoms with Gasteiger partial charge in [-0.1, -0.05) is 18.2 Å². The van der Waals surface area contributed by atoms with E-state index in [-0.39, 0.29) is 12.1 Å². The predicted octanol–water partition coefficient (Wildman–Crippen LogP) is 4.85. The van der Waals surface area contributed by atoms with Crippen LogP contribution in [0.4, 0.5) is 5.69 Å². The zero-order valence-electron chi connectivity index (χ0n) is 20.6. The van der Waals surface area contributed by atoms with E-state index in [0.29, 0.717) is 27.9 Å². The molecule has 0 unspecified atom stereocenters. The fraction of sp³-hybridized carbons (Fsp3) is 0.179. The molecule has 0 bridgehead atoms. The Morgan fingerprint density at radius 1 is 0.946 bits per heavy atom. The molecule has 8 nitrogen and oxygen atoms in total. The van der Waals surface area contributed by atoms with Crippen molar-refractivity contribution in [3.05, 3.63) is 102 Å². The van der Waals surface area contributed by atoms with Crippen LogP contribution in [0.2, 0.25) is 0 Å². The Morgan fingerprint density at radius 2 is 1.76 bits per heavy atom. The molecule has 0 aliphatic carbocycles. The zero-order chi connectivity index (χ0) is 25.9. The van der Waals surface area contributed by atoms with Crippen molar-refractivity contribution in [3.63, 3.8) is 0 Å². The number of methoxy groups -OCH3 is 3. The molecular formula is C28H26N4O4S. The maximum Gasteiger partial charge on any atom is 0.339 e. The van der Waals surface area contributed by atoms with Crippen molar-refractivity contribution in [2.75, 3.05) is 26.2 Å². The third-order valence-corrected chi connectivity index (χ3v) is 6.71. The molecule has 2 aromatic carbocycles. The average molecular weight is 515 g/mol. The van der Waals surface area contributed by atoms with E-state index >= 15 is 0 Å². The Hall–Kier alpha value is -4.37. The highest BCUT2D eigenvalue weighted by molar-refractivity contribution is 7.80. The molecule has 0 saturated carbocycles. The van der Waals surface area contributed by atoms with E-state index in [2.05, 4.69) is 10.3 Å². The second kappa shape index (κ2) is 10.3. The summed E-state index contributed by atoms with van der Waals surface area (Å²) in [6.45, 7) is 0. The van der Waals surface area contributed by atoms with Crippen molar-refractivity contribution in [1.29, 1.82) is 0 Å². The van der Waals surface area contributed by atoms with Gasteiger partial charge < -0.3 is 29.0 Å². The highest BCUT2D eigenvalue weighted by Gasteiger charge is 2.43. The Morgan fingerprint density at radius 3 is 2.49 bits per heavy atom. The molecule has 1 saturated heterocycles. The summed E-state index contributed by atoms with van der Waals surface area (Å²) in [7, 11) is 4.61. The van der Waals surface area contributed by atoms with E-state index in [0.717, 1.165) is 17.1 Å². The first-order chi connectivity index (χ1) is 18.1. The molecule has 5 rings (SSSR count). The summed E-state index contributed by atoms with van der Waals surface area (Å²) in [5, 5.41) is 3.99. The quantitative estimate of drug-likeness (QED) is 0.277. The summed E-state index contributed by atoms with van der Waals surface area (Å²) in [4.78, 5) is 19.3. The van der Waals surface area contributed by atoms with Crippen molar-refractivity contribution in [2.24, 2.45) is 0 Å². The molecule has 2 atom stereocenters. The molecular weight excluding hydrogens is 488 g/mol. The zero-order valence-corrected chi connectivity index (χ0v) is 21.4. The first-order valence-corrected chi connectivity index (χ1v) is 12.1. The van der Waals surface area contributed by atoms with Crippen LogP contribution < -0.4 is 19.7 Å². The van der Waals surface area contributed by atoms with Gasteiger partial charge in [-0.3, -0.25) is 4.98 Å².